The Morgan fingerprint density at radius 2 is 1.84 bits per heavy atom. The monoisotopic (exact) mass is 384 g/mol. The summed E-state index contributed by atoms with van der Waals surface area (Å²) in [4.78, 5) is 0. The van der Waals surface area contributed by atoms with Crippen LogP contribution in [0.4, 0.5) is 0 Å². The van der Waals surface area contributed by atoms with Crippen molar-refractivity contribution < 1.29 is 9.84 Å². The number of hydrogen-bond acceptors (Lipinski definition) is 2. The van der Waals surface area contributed by atoms with Gasteiger partial charge in [-0.15, -0.1) is 0 Å². The number of aliphatic hydroxyl groups excluding tert-OH is 1. The van der Waals surface area contributed by atoms with Crippen LogP contribution in [0, 0.1) is 0 Å². The second-order valence-corrected chi connectivity index (χ2v) is 5.76. The van der Waals surface area contributed by atoms with E-state index in [1.165, 1.54) is 0 Å². The predicted octanol–water partition coefficient (Wildman–Crippen LogP) is 4.69. The van der Waals surface area contributed by atoms with E-state index in [-0.39, 0.29) is 0 Å². The van der Waals surface area contributed by atoms with Crippen LogP contribution in [0.15, 0.2) is 51.4 Å². The first-order chi connectivity index (χ1) is 9.13. The molecule has 4 heteroatoms. The molecule has 0 fully saturated rings. The van der Waals surface area contributed by atoms with E-state index in [1.54, 1.807) is 0 Å². The molecule has 2 aromatic rings. The molecule has 0 radical (unpaired) electrons. The van der Waals surface area contributed by atoms with Crippen molar-refractivity contribution in [3.63, 3.8) is 0 Å². The molecule has 0 aliphatic rings. The normalized spacial score (nSPS) is 12.2. The summed E-state index contributed by atoms with van der Waals surface area (Å²) >= 11 is 6.87. The van der Waals surface area contributed by atoms with E-state index < -0.39 is 6.10 Å². The lowest BCUT2D eigenvalue weighted by molar-refractivity contribution is 0.212. The fraction of sp³-hybridized carbons (Fsp3) is 0.200. The molecule has 0 amide bonds. The molecule has 0 saturated heterocycles. The van der Waals surface area contributed by atoms with E-state index >= 15 is 0 Å². The van der Waals surface area contributed by atoms with Crippen LogP contribution in [-0.4, -0.2) is 11.7 Å². The van der Waals surface area contributed by atoms with Gasteiger partial charge in [-0.1, -0.05) is 24.3 Å². The summed E-state index contributed by atoms with van der Waals surface area (Å²) in [7, 11) is 0. The minimum atomic E-state index is -0.702. The maximum absolute atomic E-state index is 10.5. The Morgan fingerprint density at radius 1 is 1.11 bits per heavy atom. The Hall–Kier alpha value is -0.840. The second-order valence-electron chi connectivity index (χ2n) is 4.05. The average molecular weight is 386 g/mol. The summed E-state index contributed by atoms with van der Waals surface area (Å²) in [6, 6.07) is 13.3. The van der Waals surface area contributed by atoms with Gasteiger partial charge in [0, 0.05) is 14.5 Å². The van der Waals surface area contributed by atoms with Gasteiger partial charge in [0.1, 0.15) is 11.9 Å². The first kappa shape index (κ1) is 14.6. The molecule has 19 heavy (non-hydrogen) atoms. The molecule has 0 heterocycles. The molecule has 2 rings (SSSR count). The van der Waals surface area contributed by atoms with E-state index in [1.807, 2.05) is 49.4 Å². The van der Waals surface area contributed by atoms with Crippen molar-refractivity contribution >= 4 is 31.9 Å². The highest BCUT2D eigenvalue weighted by Crippen LogP contribution is 2.33. The van der Waals surface area contributed by atoms with Crippen molar-refractivity contribution in [2.75, 3.05) is 6.61 Å². The van der Waals surface area contributed by atoms with Gasteiger partial charge in [0.2, 0.25) is 0 Å². The summed E-state index contributed by atoms with van der Waals surface area (Å²) in [6.45, 7) is 2.51. The molecule has 1 N–H and O–H groups in total. The molecule has 2 aromatic carbocycles. The number of ether oxygens (including phenoxy) is 1. The number of halogens is 2. The highest BCUT2D eigenvalue weighted by Gasteiger charge is 2.15. The van der Waals surface area contributed by atoms with Crippen molar-refractivity contribution in [1.82, 2.24) is 0 Å². The van der Waals surface area contributed by atoms with E-state index in [9.17, 15) is 5.11 Å². The molecule has 0 bridgehead atoms. The lowest BCUT2D eigenvalue weighted by atomic mass is 10.0. The Labute approximate surface area is 129 Å². The van der Waals surface area contributed by atoms with Gasteiger partial charge in [-0.3, -0.25) is 0 Å². The number of benzene rings is 2. The van der Waals surface area contributed by atoms with E-state index in [0.29, 0.717) is 6.61 Å². The Balaban J connectivity index is 2.37. The zero-order valence-electron chi connectivity index (χ0n) is 10.4. The summed E-state index contributed by atoms with van der Waals surface area (Å²) in [6.07, 6.45) is -0.702. The van der Waals surface area contributed by atoms with Crippen LogP contribution in [0.2, 0.25) is 0 Å². The number of rotatable bonds is 4. The molecule has 100 valence electrons. The maximum atomic E-state index is 10.5. The third-order valence-corrected chi connectivity index (χ3v) is 4.65. The van der Waals surface area contributed by atoms with Gasteiger partial charge >= 0.3 is 0 Å². The van der Waals surface area contributed by atoms with E-state index in [2.05, 4.69) is 31.9 Å². The molecule has 2 nitrogen and oxygen atoms in total. The number of hydrogen-bond donors (Lipinski definition) is 1. The van der Waals surface area contributed by atoms with E-state index in [0.717, 1.165) is 25.8 Å². The third kappa shape index (κ3) is 3.38. The minimum Gasteiger partial charge on any atom is -0.493 e. The SMILES string of the molecule is CCOc1ccccc1C(O)c1ccc(Br)c(Br)c1. The van der Waals surface area contributed by atoms with Crippen LogP contribution in [0.5, 0.6) is 5.75 Å². The van der Waals surface area contributed by atoms with Crippen molar-refractivity contribution in [3.8, 4) is 5.75 Å². The zero-order valence-corrected chi connectivity index (χ0v) is 13.6. The number of para-hydroxylation sites is 1. The Kier molecular flexibility index (Phi) is 5.02. The van der Waals surface area contributed by atoms with Crippen molar-refractivity contribution in [2.24, 2.45) is 0 Å². The first-order valence-corrected chi connectivity index (χ1v) is 7.56. The highest BCUT2D eigenvalue weighted by molar-refractivity contribution is 9.13. The highest BCUT2D eigenvalue weighted by atomic mass is 79.9. The Morgan fingerprint density at radius 3 is 2.53 bits per heavy atom. The van der Waals surface area contributed by atoms with Gasteiger partial charge < -0.3 is 9.84 Å². The molecular weight excluding hydrogens is 372 g/mol. The molecule has 0 aliphatic carbocycles. The van der Waals surface area contributed by atoms with Crippen molar-refractivity contribution in [3.05, 3.63) is 62.5 Å². The van der Waals surface area contributed by atoms with Crippen LogP contribution in [-0.2, 0) is 0 Å². The quantitative estimate of drug-likeness (QED) is 0.826. The lowest BCUT2D eigenvalue weighted by Crippen LogP contribution is -2.04. The second kappa shape index (κ2) is 6.55. The van der Waals surface area contributed by atoms with E-state index in [4.69, 9.17) is 4.74 Å². The lowest BCUT2D eigenvalue weighted by Gasteiger charge is -2.16. The summed E-state index contributed by atoms with van der Waals surface area (Å²) in [5, 5.41) is 10.5. The number of aliphatic hydroxyl groups is 1. The summed E-state index contributed by atoms with van der Waals surface area (Å²) in [5.74, 6) is 0.719. The summed E-state index contributed by atoms with van der Waals surface area (Å²) in [5.41, 5.74) is 1.60. The molecule has 1 unspecified atom stereocenters. The van der Waals surface area contributed by atoms with Gasteiger partial charge in [-0.05, 0) is 62.5 Å². The third-order valence-electron chi connectivity index (χ3n) is 2.77. The van der Waals surface area contributed by atoms with Crippen LogP contribution in [0.25, 0.3) is 0 Å². The first-order valence-electron chi connectivity index (χ1n) is 5.98. The molecule has 0 spiro atoms. The smallest absolute Gasteiger partial charge is 0.125 e. The van der Waals surface area contributed by atoms with Crippen LogP contribution in [0.3, 0.4) is 0 Å². The average Bonchev–Trinajstić information content (AvgIpc) is 2.42. The van der Waals surface area contributed by atoms with Gasteiger partial charge in [-0.25, -0.2) is 0 Å². The molecule has 0 aliphatic heterocycles. The zero-order chi connectivity index (χ0) is 13.8. The summed E-state index contributed by atoms with van der Waals surface area (Å²) < 4.78 is 7.43. The maximum Gasteiger partial charge on any atom is 0.125 e. The fourth-order valence-corrected chi connectivity index (χ4v) is 2.50. The van der Waals surface area contributed by atoms with Gasteiger partial charge in [0.05, 0.1) is 6.61 Å². The Bertz CT molecular complexity index is 570. The predicted molar refractivity (Wildman–Crippen MR) is 83.5 cm³/mol. The van der Waals surface area contributed by atoms with Crippen LogP contribution >= 0.6 is 31.9 Å². The van der Waals surface area contributed by atoms with Crippen molar-refractivity contribution in [2.45, 2.75) is 13.0 Å². The van der Waals surface area contributed by atoms with Gasteiger partial charge in [0.25, 0.3) is 0 Å². The van der Waals surface area contributed by atoms with Crippen molar-refractivity contribution in [1.29, 1.82) is 0 Å². The topological polar surface area (TPSA) is 29.5 Å². The van der Waals surface area contributed by atoms with Crippen LogP contribution in [0.1, 0.15) is 24.2 Å². The molecule has 1 atom stereocenters. The molecule has 0 saturated carbocycles. The molecular formula is C15H14Br2O2. The van der Waals surface area contributed by atoms with Gasteiger partial charge in [0.15, 0.2) is 0 Å². The fourth-order valence-electron chi connectivity index (χ4n) is 1.86. The molecule has 0 aromatic heterocycles. The van der Waals surface area contributed by atoms with Gasteiger partial charge in [-0.2, -0.15) is 0 Å². The standard InChI is InChI=1S/C15H14Br2O2/c1-2-19-14-6-4-3-5-11(14)15(18)10-7-8-12(16)13(17)9-10/h3-9,15,18H,2H2,1H3. The van der Waals surface area contributed by atoms with Crippen LogP contribution < -0.4 is 4.74 Å². The minimum absolute atomic E-state index is 0.577. The largest absolute Gasteiger partial charge is 0.493 e.